The maximum absolute atomic E-state index is 10.5. The van der Waals surface area contributed by atoms with Gasteiger partial charge in [0.15, 0.2) is 6.10 Å². The van der Waals surface area contributed by atoms with Gasteiger partial charge in [0.1, 0.15) is 5.75 Å². The van der Waals surface area contributed by atoms with Crippen molar-refractivity contribution in [1.82, 2.24) is 0 Å². The number of hydrogen-bond donors (Lipinski definition) is 2. The number of benzene rings is 1. The van der Waals surface area contributed by atoms with Crippen molar-refractivity contribution in [2.24, 2.45) is 0 Å². The normalized spacial score (nSPS) is 12.2. The summed E-state index contributed by atoms with van der Waals surface area (Å²) in [7, 11) is 1.50. The highest BCUT2D eigenvalue weighted by Gasteiger charge is 2.18. The molecule has 4 nitrogen and oxygen atoms in total. The summed E-state index contributed by atoms with van der Waals surface area (Å²) in [5.74, 6) is -0.683. The van der Waals surface area contributed by atoms with E-state index >= 15 is 0 Å². The molecule has 82 valence electrons. The third kappa shape index (κ3) is 2.94. The number of ether oxygens (including phenoxy) is 1. The lowest BCUT2D eigenvalue weighted by atomic mass is 10.1. The van der Waals surface area contributed by atoms with Gasteiger partial charge in [0.25, 0.3) is 0 Å². The van der Waals surface area contributed by atoms with Gasteiger partial charge in [-0.1, -0.05) is 22.0 Å². The third-order valence-electron chi connectivity index (χ3n) is 1.98. The fourth-order valence-electron chi connectivity index (χ4n) is 1.21. The molecule has 0 saturated heterocycles. The minimum absolute atomic E-state index is 0.0138. The number of aliphatic hydroxyl groups is 1. The van der Waals surface area contributed by atoms with Crippen LogP contribution >= 0.6 is 15.9 Å². The Hall–Kier alpha value is -1.07. The number of hydrogen-bond acceptors (Lipinski definition) is 3. The molecule has 0 bridgehead atoms. The van der Waals surface area contributed by atoms with Gasteiger partial charge in [0, 0.05) is 16.5 Å². The van der Waals surface area contributed by atoms with Crippen LogP contribution in [0.3, 0.4) is 0 Å². The van der Waals surface area contributed by atoms with E-state index in [-0.39, 0.29) is 6.42 Å². The summed E-state index contributed by atoms with van der Waals surface area (Å²) in [6.45, 7) is 0. The SMILES string of the molecule is COc1cccc(Br)c1CC(O)C(=O)O. The van der Waals surface area contributed by atoms with Crippen LogP contribution in [0.2, 0.25) is 0 Å². The van der Waals surface area contributed by atoms with E-state index in [1.165, 1.54) is 7.11 Å². The molecule has 0 aliphatic carbocycles. The average Bonchev–Trinajstić information content (AvgIpc) is 2.20. The maximum Gasteiger partial charge on any atom is 0.332 e. The predicted octanol–water partition coefficient (Wildman–Crippen LogP) is 1.45. The number of carbonyl (C=O) groups is 1. The summed E-state index contributed by atoms with van der Waals surface area (Å²) >= 11 is 3.28. The highest BCUT2D eigenvalue weighted by molar-refractivity contribution is 9.10. The van der Waals surface area contributed by atoms with Crippen molar-refractivity contribution < 1.29 is 19.7 Å². The van der Waals surface area contributed by atoms with Gasteiger partial charge in [0.05, 0.1) is 7.11 Å². The summed E-state index contributed by atoms with van der Waals surface area (Å²) < 4.78 is 5.80. The molecular weight excluding hydrogens is 264 g/mol. The molecule has 0 aromatic heterocycles. The van der Waals surface area contributed by atoms with Crippen molar-refractivity contribution in [3.8, 4) is 5.75 Å². The number of rotatable bonds is 4. The Kier molecular flexibility index (Phi) is 4.11. The van der Waals surface area contributed by atoms with Crippen LogP contribution in [-0.4, -0.2) is 29.4 Å². The van der Waals surface area contributed by atoms with Crippen molar-refractivity contribution in [2.45, 2.75) is 12.5 Å². The molecule has 0 heterocycles. The van der Waals surface area contributed by atoms with E-state index in [1.807, 2.05) is 0 Å². The molecule has 0 aliphatic heterocycles. The van der Waals surface area contributed by atoms with Crippen molar-refractivity contribution in [3.63, 3.8) is 0 Å². The van der Waals surface area contributed by atoms with Gasteiger partial charge in [0.2, 0.25) is 0 Å². The summed E-state index contributed by atoms with van der Waals surface area (Å²) in [6.07, 6.45) is -1.41. The van der Waals surface area contributed by atoms with Crippen LogP contribution in [0.1, 0.15) is 5.56 Å². The molecule has 0 radical (unpaired) electrons. The first kappa shape index (κ1) is 12.0. The highest BCUT2D eigenvalue weighted by Crippen LogP contribution is 2.27. The average molecular weight is 275 g/mol. The predicted molar refractivity (Wildman–Crippen MR) is 58.0 cm³/mol. The van der Waals surface area contributed by atoms with E-state index in [1.54, 1.807) is 18.2 Å². The Bertz CT molecular complexity index is 364. The minimum Gasteiger partial charge on any atom is -0.496 e. The molecule has 0 aliphatic rings. The lowest BCUT2D eigenvalue weighted by Crippen LogP contribution is -2.22. The van der Waals surface area contributed by atoms with Crippen molar-refractivity contribution >= 4 is 21.9 Å². The lowest BCUT2D eigenvalue weighted by Gasteiger charge is -2.11. The van der Waals surface area contributed by atoms with Crippen LogP contribution in [0.15, 0.2) is 22.7 Å². The summed E-state index contributed by atoms with van der Waals surface area (Å²) in [5, 5.41) is 17.8. The van der Waals surface area contributed by atoms with Gasteiger partial charge in [-0.25, -0.2) is 4.79 Å². The first-order chi connectivity index (χ1) is 7.06. The Labute approximate surface area is 95.6 Å². The second kappa shape index (κ2) is 5.14. The smallest absolute Gasteiger partial charge is 0.332 e. The highest BCUT2D eigenvalue weighted by atomic mass is 79.9. The van der Waals surface area contributed by atoms with Gasteiger partial charge >= 0.3 is 5.97 Å². The summed E-state index contributed by atoms with van der Waals surface area (Å²) in [6, 6.07) is 5.26. The zero-order chi connectivity index (χ0) is 11.4. The van der Waals surface area contributed by atoms with E-state index < -0.39 is 12.1 Å². The van der Waals surface area contributed by atoms with E-state index in [2.05, 4.69) is 15.9 Å². The molecule has 5 heteroatoms. The molecule has 1 unspecified atom stereocenters. The molecule has 1 atom stereocenters. The first-order valence-corrected chi connectivity index (χ1v) is 5.07. The summed E-state index contributed by atoms with van der Waals surface area (Å²) in [5.41, 5.74) is 0.648. The molecule has 15 heavy (non-hydrogen) atoms. The van der Waals surface area contributed by atoms with Crippen LogP contribution in [0.5, 0.6) is 5.75 Å². The number of carboxylic acid groups (broad SMARTS) is 1. The van der Waals surface area contributed by atoms with Crippen LogP contribution in [0, 0.1) is 0 Å². The lowest BCUT2D eigenvalue weighted by molar-refractivity contribution is -0.146. The molecule has 0 saturated carbocycles. The van der Waals surface area contributed by atoms with Crippen molar-refractivity contribution in [1.29, 1.82) is 0 Å². The van der Waals surface area contributed by atoms with Crippen LogP contribution in [-0.2, 0) is 11.2 Å². The minimum atomic E-state index is -1.42. The van der Waals surface area contributed by atoms with Crippen LogP contribution < -0.4 is 4.74 Å². The quantitative estimate of drug-likeness (QED) is 0.872. The second-order valence-corrected chi connectivity index (χ2v) is 3.83. The second-order valence-electron chi connectivity index (χ2n) is 2.98. The molecular formula is C10H11BrO4. The Balaban J connectivity index is 2.97. The molecule has 0 fully saturated rings. The number of halogens is 1. The van der Waals surface area contributed by atoms with E-state index in [0.29, 0.717) is 11.3 Å². The molecule has 2 N–H and O–H groups in total. The fourth-order valence-corrected chi connectivity index (χ4v) is 1.72. The molecule has 1 rings (SSSR count). The van der Waals surface area contributed by atoms with E-state index in [0.717, 1.165) is 4.47 Å². The zero-order valence-corrected chi connectivity index (χ0v) is 9.69. The van der Waals surface area contributed by atoms with Gasteiger partial charge in [-0.3, -0.25) is 0 Å². The van der Waals surface area contributed by atoms with Gasteiger partial charge in [-0.2, -0.15) is 0 Å². The molecule has 0 amide bonds. The van der Waals surface area contributed by atoms with E-state index in [4.69, 9.17) is 9.84 Å². The van der Waals surface area contributed by atoms with Gasteiger partial charge < -0.3 is 14.9 Å². The van der Waals surface area contributed by atoms with Gasteiger partial charge in [-0.15, -0.1) is 0 Å². The largest absolute Gasteiger partial charge is 0.496 e. The van der Waals surface area contributed by atoms with Gasteiger partial charge in [-0.05, 0) is 12.1 Å². The summed E-state index contributed by atoms with van der Waals surface area (Å²) in [4.78, 5) is 10.5. The number of aliphatic hydroxyl groups excluding tert-OH is 1. The Morgan fingerprint density at radius 3 is 2.80 bits per heavy atom. The number of methoxy groups -OCH3 is 1. The maximum atomic E-state index is 10.5. The van der Waals surface area contributed by atoms with Crippen molar-refractivity contribution in [3.05, 3.63) is 28.2 Å². The molecule has 1 aromatic carbocycles. The van der Waals surface area contributed by atoms with Crippen LogP contribution in [0.4, 0.5) is 0 Å². The third-order valence-corrected chi connectivity index (χ3v) is 2.72. The Morgan fingerprint density at radius 1 is 1.60 bits per heavy atom. The zero-order valence-electron chi connectivity index (χ0n) is 8.11. The molecule has 0 spiro atoms. The monoisotopic (exact) mass is 274 g/mol. The fraction of sp³-hybridized carbons (Fsp3) is 0.300. The van der Waals surface area contributed by atoms with E-state index in [9.17, 15) is 9.90 Å². The molecule has 1 aromatic rings. The first-order valence-electron chi connectivity index (χ1n) is 4.28. The standard InChI is InChI=1S/C10H11BrO4/c1-15-9-4-2-3-7(11)6(9)5-8(12)10(13)14/h2-4,8,12H,5H2,1H3,(H,13,14). The van der Waals surface area contributed by atoms with Crippen molar-refractivity contribution in [2.75, 3.05) is 7.11 Å². The number of carboxylic acids is 1. The Morgan fingerprint density at radius 2 is 2.27 bits per heavy atom. The number of aliphatic carboxylic acids is 1. The topological polar surface area (TPSA) is 66.8 Å². The van der Waals surface area contributed by atoms with Crippen LogP contribution in [0.25, 0.3) is 0 Å².